The van der Waals surface area contributed by atoms with Gasteiger partial charge in [-0.05, 0) is 67.2 Å². The molecule has 4 heterocycles. The molecule has 160 valence electrons. The number of rotatable bonds is 5. The molecule has 5 rings (SSSR count). The largest absolute Gasteiger partial charge is 0.459 e. The van der Waals surface area contributed by atoms with Crippen LogP contribution in [-0.2, 0) is 6.54 Å². The van der Waals surface area contributed by atoms with E-state index in [4.69, 9.17) is 28.2 Å². The van der Waals surface area contributed by atoms with Gasteiger partial charge in [-0.1, -0.05) is 35.9 Å². The van der Waals surface area contributed by atoms with E-state index in [9.17, 15) is 0 Å². The fourth-order valence-corrected chi connectivity index (χ4v) is 4.45. The Bertz CT molecular complexity index is 1250. The van der Waals surface area contributed by atoms with Crippen LogP contribution >= 0.6 is 23.8 Å². The van der Waals surface area contributed by atoms with Crippen LogP contribution in [0.2, 0.25) is 5.02 Å². The maximum absolute atomic E-state index is 6.37. The molecule has 1 aliphatic rings. The number of nitrogens with zero attached hydrogens (tertiary/aromatic N) is 3. The number of halogens is 1. The summed E-state index contributed by atoms with van der Waals surface area (Å²) in [6.07, 6.45) is 3.58. The molecule has 0 aliphatic carbocycles. The first-order chi connectivity index (χ1) is 15.6. The Morgan fingerprint density at radius 3 is 2.56 bits per heavy atom. The number of aryl methyl sites for hydroxylation is 1. The van der Waals surface area contributed by atoms with Crippen molar-refractivity contribution in [1.82, 2.24) is 20.2 Å². The van der Waals surface area contributed by atoms with E-state index >= 15 is 0 Å². The third-order valence-electron chi connectivity index (χ3n) is 5.63. The van der Waals surface area contributed by atoms with Crippen molar-refractivity contribution in [1.29, 1.82) is 0 Å². The van der Waals surface area contributed by atoms with Gasteiger partial charge in [0.25, 0.3) is 0 Å². The van der Waals surface area contributed by atoms with Gasteiger partial charge in [0, 0.05) is 23.0 Å². The normalized spacial score (nSPS) is 18.1. The topological polar surface area (TPSA) is 54.2 Å². The summed E-state index contributed by atoms with van der Waals surface area (Å²) in [6.45, 7) is 2.55. The molecule has 0 bridgehead atoms. The van der Waals surface area contributed by atoms with Crippen molar-refractivity contribution in [2.75, 3.05) is 0 Å². The second-order valence-corrected chi connectivity index (χ2v) is 8.54. The van der Waals surface area contributed by atoms with Crippen molar-refractivity contribution in [2.24, 2.45) is 0 Å². The van der Waals surface area contributed by atoms with Crippen molar-refractivity contribution in [3.8, 4) is 11.3 Å². The Hall–Kier alpha value is -3.22. The van der Waals surface area contributed by atoms with Crippen molar-refractivity contribution in [3.63, 3.8) is 0 Å². The van der Waals surface area contributed by atoms with Gasteiger partial charge in [-0.2, -0.15) is 0 Å². The number of furan rings is 1. The molecule has 0 spiro atoms. The molecule has 1 fully saturated rings. The molecule has 2 atom stereocenters. The quantitative estimate of drug-likeness (QED) is 0.376. The Labute approximate surface area is 197 Å². The lowest BCUT2D eigenvalue weighted by Crippen LogP contribution is -2.29. The van der Waals surface area contributed by atoms with Crippen LogP contribution < -0.4 is 5.32 Å². The molecule has 32 heavy (non-hydrogen) atoms. The molecular weight excluding hydrogens is 440 g/mol. The third-order valence-corrected chi connectivity index (χ3v) is 6.39. The van der Waals surface area contributed by atoms with E-state index in [1.54, 1.807) is 12.4 Å². The van der Waals surface area contributed by atoms with Crippen molar-refractivity contribution >= 4 is 28.9 Å². The SMILES string of the molecule is Cc1ccc(-c2ccc([C@@H]3[C@H](c4ccccn4)NC(=S)N3Cc3ccccn3)o2)cc1Cl. The molecule has 3 aromatic heterocycles. The lowest BCUT2D eigenvalue weighted by molar-refractivity contribution is 0.267. The summed E-state index contributed by atoms with van der Waals surface area (Å²) in [5, 5.41) is 4.80. The van der Waals surface area contributed by atoms with E-state index in [1.165, 1.54) is 0 Å². The van der Waals surface area contributed by atoms with E-state index < -0.39 is 0 Å². The van der Waals surface area contributed by atoms with Crippen LogP contribution in [0.15, 0.2) is 83.5 Å². The van der Waals surface area contributed by atoms with Crippen LogP contribution in [0.5, 0.6) is 0 Å². The summed E-state index contributed by atoms with van der Waals surface area (Å²) in [5.74, 6) is 1.56. The summed E-state index contributed by atoms with van der Waals surface area (Å²) in [4.78, 5) is 11.2. The Morgan fingerprint density at radius 2 is 1.84 bits per heavy atom. The number of aromatic nitrogens is 2. The highest BCUT2D eigenvalue weighted by molar-refractivity contribution is 7.80. The second kappa shape index (κ2) is 8.73. The Morgan fingerprint density at radius 1 is 1.03 bits per heavy atom. The average Bonchev–Trinajstić information content (AvgIpc) is 3.42. The minimum absolute atomic E-state index is 0.145. The Balaban J connectivity index is 1.54. The predicted octanol–water partition coefficient (Wildman–Crippen LogP) is 5.87. The van der Waals surface area contributed by atoms with Crippen molar-refractivity contribution in [2.45, 2.75) is 25.6 Å². The van der Waals surface area contributed by atoms with Gasteiger partial charge in [0.2, 0.25) is 0 Å². The van der Waals surface area contributed by atoms with Gasteiger partial charge in [0.1, 0.15) is 17.6 Å². The van der Waals surface area contributed by atoms with E-state index in [0.29, 0.717) is 16.7 Å². The number of pyridine rings is 2. The zero-order valence-corrected chi connectivity index (χ0v) is 19.0. The second-order valence-electron chi connectivity index (χ2n) is 7.74. The summed E-state index contributed by atoms with van der Waals surface area (Å²) >= 11 is 12.1. The predicted molar refractivity (Wildman–Crippen MR) is 129 cm³/mol. The highest BCUT2D eigenvalue weighted by Gasteiger charge is 2.41. The molecule has 1 N–H and O–H groups in total. The van der Waals surface area contributed by atoms with Gasteiger partial charge in [-0.15, -0.1) is 0 Å². The van der Waals surface area contributed by atoms with E-state index in [1.807, 2.05) is 73.7 Å². The van der Waals surface area contributed by atoms with Gasteiger partial charge < -0.3 is 14.6 Å². The monoisotopic (exact) mass is 460 g/mol. The lowest BCUT2D eigenvalue weighted by Gasteiger charge is -2.25. The first kappa shape index (κ1) is 20.7. The van der Waals surface area contributed by atoms with Crippen LogP contribution in [0.3, 0.4) is 0 Å². The number of nitrogens with one attached hydrogen (secondary N) is 1. The van der Waals surface area contributed by atoms with Crippen LogP contribution in [-0.4, -0.2) is 20.0 Å². The van der Waals surface area contributed by atoms with Gasteiger partial charge in [0.05, 0.1) is 24.0 Å². The molecule has 0 unspecified atom stereocenters. The molecule has 0 saturated carbocycles. The Kier molecular flexibility index (Phi) is 5.64. The van der Waals surface area contributed by atoms with E-state index in [-0.39, 0.29) is 12.1 Å². The molecule has 0 radical (unpaired) electrons. The standard InChI is InChI=1S/C25H21ClN4OS/c1-16-8-9-17(14-19(16)26)21-10-11-22(31-21)24-23(20-7-3-5-13-28-20)29-25(32)30(24)15-18-6-2-4-12-27-18/h2-14,23-24H,15H2,1H3,(H,29,32)/t23-,24+/m0/s1. The van der Waals surface area contributed by atoms with Gasteiger partial charge >= 0.3 is 0 Å². The van der Waals surface area contributed by atoms with Crippen LogP contribution in [0, 0.1) is 6.92 Å². The van der Waals surface area contributed by atoms with Crippen molar-refractivity contribution in [3.05, 3.63) is 107 Å². The molecule has 1 aliphatic heterocycles. The third kappa shape index (κ3) is 3.99. The maximum Gasteiger partial charge on any atom is 0.170 e. The summed E-state index contributed by atoms with van der Waals surface area (Å²) in [5.41, 5.74) is 3.80. The average molecular weight is 461 g/mol. The highest BCUT2D eigenvalue weighted by atomic mass is 35.5. The van der Waals surface area contributed by atoms with Crippen LogP contribution in [0.1, 0.15) is 34.8 Å². The van der Waals surface area contributed by atoms with E-state index in [2.05, 4.69) is 20.2 Å². The van der Waals surface area contributed by atoms with E-state index in [0.717, 1.165) is 34.0 Å². The van der Waals surface area contributed by atoms with Gasteiger partial charge in [-0.3, -0.25) is 9.97 Å². The number of benzene rings is 1. The first-order valence-electron chi connectivity index (χ1n) is 10.3. The zero-order valence-electron chi connectivity index (χ0n) is 17.4. The summed E-state index contributed by atoms with van der Waals surface area (Å²) < 4.78 is 6.37. The smallest absolute Gasteiger partial charge is 0.170 e. The molecule has 7 heteroatoms. The van der Waals surface area contributed by atoms with Crippen LogP contribution in [0.25, 0.3) is 11.3 Å². The first-order valence-corrected chi connectivity index (χ1v) is 11.1. The molecule has 5 nitrogen and oxygen atoms in total. The minimum atomic E-state index is -0.172. The fraction of sp³-hybridized carbons (Fsp3) is 0.160. The summed E-state index contributed by atoms with van der Waals surface area (Å²) in [6, 6.07) is 21.4. The molecule has 1 saturated heterocycles. The van der Waals surface area contributed by atoms with Crippen LogP contribution in [0.4, 0.5) is 0 Å². The lowest BCUT2D eigenvalue weighted by atomic mass is 10.0. The summed E-state index contributed by atoms with van der Waals surface area (Å²) in [7, 11) is 0. The molecule has 4 aromatic rings. The van der Waals surface area contributed by atoms with Gasteiger partial charge in [0.15, 0.2) is 5.11 Å². The minimum Gasteiger partial charge on any atom is -0.459 e. The number of hydrogen-bond acceptors (Lipinski definition) is 4. The fourth-order valence-electron chi connectivity index (χ4n) is 3.96. The number of hydrogen-bond donors (Lipinski definition) is 1. The maximum atomic E-state index is 6.37. The molecule has 1 aromatic carbocycles. The van der Waals surface area contributed by atoms with Gasteiger partial charge in [-0.25, -0.2) is 0 Å². The molecule has 0 amide bonds. The van der Waals surface area contributed by atoms with Crippen molar-refractivity contribution < 1.29 is 4.42 Å². The zero-order chi connectivity index (χ0) is 22.1. The molecular formula is C25H21ClN4OS. The number of thiocarbonyl (C=S) groups is 1. The highest BCUT2D eigenvalue weighted by Crippen LogP contribution is 2.41.